The number of carbonyl (C=O) groups is 2. The summed E-state index contributed by atoms with van der Waals surface area (Å²) >= 11 is 0. The second-order valence-electron chi connectivity index (χ2n) is 6.06. The van der Waals surface area contributed by atoms with Crippen molar-refractivity contribution in [3.8, 4) is 0 Å². The largest absolute Gasteiger partial charge is 0.478 e. The molecule has 1 fully saturated rings. The van der Waals surface area contributed by atoms with Crippen LogP contribution in [0.25, 0.3) is 0 Å². The van der Waals surface area contributed by atoms with E-state index in [9.17, 15) is 19.8 Å². The fourth-order valence-corrected chi connectivity index (χ4v) is 2.56. The third kappa shape index (κ3) is 6.58. The minimum atomic E-state index is -1.12. The molecule has 1 aliphatic heterocycles. The van der Waals surface area contributed by atoms with Crippen LogP contribution in [-0.4, -0.2) is 59.9 Å². The van der Waals surface area contributed by atoms with E-state index < -0.39 is 11.9 Å². The van der Waals surface area contributed by atoms with Gasteiger partial charge in [-0.3, -0.25) is 4.90 Å². The lowest BCUT2D eigenvalue weighted by atomic mass is 9.97. The van der Waals surface area contributed by atoms with Gasteiger partial charge < -0.3 is 14.9 Å². The number of rotatable bonds is 9. The molecule has 22 heavy (non-hydrogen) atoms. The minimum absolute atomic E-state index is 0.0442. The van der Waals surface area contributed by atoms with Gasteiger partial charge in [-0.1, -0.05) is 20.3 Å². The summed E-state index contributed by atoms with van der Waals surface area (Å²) in [6.07, 6.45) is 2.18. The summed E-state index contributed by atoms with van der Waals surface area (Å²) in [5, 5.41) is 18.7. The van der Waals surface area contributed by atoms with Crippen molar-refractivity contribution in [2.24, 2.45) is 5.92 Å². The van der Waals surface area contributed by atoms with E-state index in [4.69, 9.17) is 4.74 Å². The molecule has 0 atom stereocenters. The second-order valence-corrected chi connectivity index (χ2v) is 6.06. The molecule has 6 heteroatoms. The van der Waals surface area contributed by atoms with Crippen molar-refractivity contribution in [2.75, 3.05) is 32.8 Å². The highest BCUT2D eigenvalue weighted by molar-refractivity contribution is 5.98. The fraction of sp³-hybridized carbons (Fsp3) is 0.750. The van der Waals surface area contributed by atoms with Gasteiger partial charge in [-0.15, -0.1) is 0 Å². The van der Waals surface area contributed by atoms with E-state index in [-0.39, 0.29) is 17.6 Å². The predicted molar refractivity (Wildman–Crippen MR) is 82.9 cm³/mol. The summed E-state index contributed by atoms with van der Waals surface area (Å²) in [6.45, 7) is 7.53. The van der Waals surface area contributed by atoms with Gasteiger partial charge in [0.25, 0.3) is 0 Å². The normalized spacial score (nSPS) is 17.4. The smallest absolute Gasteiger partial charge is 0.332 e. The molecule has 1 rings (SSSR count). The van der Waals surface area contributed by atoms with Gasteiger partial charge in [0.15, 0.2) is 0 Å². The highest BCUT2D eigenvalue weighted by Crippen LogP contribution is 2.19. The van der Waals surface area contributed by atoms with Gasteiger partial charge in [0, 0.05) is 30.8 Å². The predicted octanol–water partition coefficient (Wildman–Crippen LogP) is 2.00. The maximum absolute atomic E-state index is 11.5. The van der Waals surface area contributed by atoms with E-state index in [0.717, 1.165) is 19.5 Å². The van der Waals surface area contributed by atoms with Crippen molar-refractivity contribution >= 4 is 11.9 Å². The third-order valence-corrected chi connectivity index (χ3v) is 3.87. The zero-order valence-corrected chi connectivity index (χ0v) is 13.5. The van der Waals surface area contributed by atoms with Crippen LogP contribution in [0.5, 0.6) is 0 Å². The molecule has 1 heterocycles. The molecule has 1 saturated heterocycles. The molecule has 0 aromatic carbocycles. The van der Waals surface area contributed by atoms with Crippen molar-refractivity contribution in [1.82, 2.24) is 4.90 Å². The molecular formula is C16H27NO5. The molecule has 0 saturated carbocycles. The summed E-state index contributed by atoms with van der Waals surface area (Å²) in [5.74, 6) is -1.74. The van der Waals surface area contributed by atoms with E-state index in [0.29, 0.717) is 38.5 Å². The molecule has 0 bridgehead atoms. The molecule has 0 radical (unpaired) electrons. The first-order chi connectivity index (χ1) is 10.4. The molecule has 0 aliphatic carbocycles. The zero-order chi connectivity index (χ0) is 16.5. The van der Waals surface area contributed by atoms with Gasteiger partial charge in [-0.05, 0) is 25.2 Å². The average Bonchev–Trinajstić information content (AvgIpc) is 2.45. The van der Waals surface area contributed by atoms with Crippen molar-refractivity contribution < 1.29 is 24.5 Å². The molecule has 6 nitrogen and oxygen atoms in total. The lowest BCUT2D eigenvalue weighted by Crippen LogP contribution is -2.37. The van der Waals surface area contributed by atoms with Crippen molar-refractivity contribution in [3.63, 3.8) is 0 Å². The minimum Gasteiger partial charge on any atom is -0.478 e. The first kappa shape index (κ1) is 18.6. The Kier molecular flexibility index (Phi) is 8.12. The van der Waals surface area contributed by atoms with Crippen molar-refractivity contribution in [2.45, 2.75) is 39.5 Å². The zero-order valence-electron chi connectivity index (χ0n) is 13.5. The van der Waals surface area contributed by atoms with Gasteiger partial charge in [0.05, 0.1) is 13.2 Å². The quantitative estimate of drug-likeness (QED) is 0.633. The Balaban J connectivity index is 2.71. The Morgan fingerprint density at radius 1 is 1.05 bits per heavy atom. The van der Waals surface area contributed by atoms with Gasteiger partial charge in [0.2, 0.25) is 0 Å². The van der Waals surface area contributed by atoms with Gasteiger partial charge in [-0.25, -0.2) is 9.59 Å². The first-order valence-corrected chi connectivity index (χ1v) is 7.90. The standard InChI is InChI=1S/C16H27NO5/c1-12(2)4-3-5-13(15(18)19)14(16(20)21)6-7-17-8-10-22-11-9-17/h12H,3-11H2,1-2H3,(H,18,19)(H,20,21)/b14-13+. The highest BCUT2D eigenvalue weighted by Gasteiger charge is 2.21. The number of hydrogen-bond acceptors (Lipinski definition) is 4. The van der Waals surface area contributed by atoms with Crippen molar-refractivity contribution in [1.29, 1.82) is 0 Å². The summed E-state index contributed by atoms with van der Waals surface area (Å²) in [6, 6.07) is 0. The van der Waals surface area contributed by atoms with Crippen LogP contribution in [0.2, 0.25) is 0 Å². The topological polar surface area (TPSA) is 87.1 Å². The van der Waals surface area contributed by atoms with Crippen LogP contribution >= 0.6 is 0 Å². The Morgan fingerprint density at radius 3 is 2.09 bits per heavy atom. The van der Waals surface area contributed by atoms with E-state index in [1.165, 1.54) is 0 Å². The molecule has 0 unspecified atom stereocenters. The molecule has 0 spiro atoms. The molecule has 1 aliphatic rings. The van der Waals surface area contributed by atoms with Crippen LogP contribution in [0, 0.1) is 5.92 Å². The number of ether oxygens (including phenoxy) is 1. The number of nitrogens with zero attached hydrogens (tertiary/aromatic N) is 1. The molecule has 126 valence electrons. The van der Waals surface area contributed by atoms with Crippen LogP contribution in [0.15, 0.2) is 11.1 Å². The van der Waals surface area contributed by atoms with Crippen LogP contribution in [0.4, 0.5) is 0 Å². The Hall–Kier alpha value is -1.40. The SMILES string of the molecule is CC(C)CCC/C(C(=O)O)=C(/CCN1CCOCC1)C(=O)O. The fourth-order valence-electron chi connectivity index (χ4n) is 2.56. The number of morpholine rings is 1. The van der Waals surface area contributed by atoms with Crippen LogP contribution in [0.3, 0.4) is 0 Å². The van der Waals surface area contributed by atoms with E-state index >= 15 is 0 Å². The maximum Gasteiger partial charge on any atom is 0.332 e. The third-order valence-electron chi connectivity index (χ3n) is 3.87. The van der Waals surface area contributed by atoms with E-state index in [1.54, 1.807) is 0 Å². The van der Waals surface area contributed by atoms with Crippen molar-refractivity contribution in [3.05, 3.63) is 11.1 Å². The highest BCUT2D eigenvalue weighted by atomic mass is 16.5. The molecule has 0 amide bonds. The number of hydrogen-bond donors (Lipinski definition) is 2. The number of carboxylic acids is 2. The summed E-state index contributed by atoms with van der Waals surface area (Å²) in [4.78, 5) is 25.0. The average molecular weight is 313 g/mol. The Labute approximate surface area is 131 Å². The van der Waals surface area contributed by atoms with Gasteiger partial charge >= 0.3 is 11.9 Å². The molecular weight excluding hydrogens is 286 g/mol. The number of aliphatic carboxylic acids is 2. The van der Waals surface area contributed by atoms with Gasteiger partial charge in [0.1, 0.15) is 0 Å². The Bertz CT molecular complexity index is 411. The van der Waals surface area contributed by atoms with Crippen LogP contribution in [0.1, 0.15) is 39.5 Å². The van der Waals surface area contributed by atoms with E-state index in [1.807, 2.05) is 0 Å². The summed E-state index contributed by atoms with van der Waals surface area (Å²) in [7, 11) is 0. The summed E-state index contributed by atoms with van der Waals surface area (Å²) < 4.78 is 5.25. The van der Waals surface area contributed by atoms with E-state index in [2.05, 4.69) is 18.7 Å². The molecule has 2 N–H and O–H groups in total. The number of carboxylic acid groups (broad SMARTS) is 2. The van der Waals surface area contributed by atoms with Crippen LogP contribution in [-0.2, 0) is 14.3 Å². The second kappa shape index (κ2) is 9.58. The Morgan fingerprint density at radius 2 is 1.59 bits per heavy atom. The summed E-state index contributed by atoms with van der Waals surface area (Å²) in [5.41, 5.74) is 0.101. The van der Waals surface area contributed by atoms with Gasteiger partial charge in [-0.2, -0.15) is 0 Å². The molecule has 0 aromatic rings. The van der Waals surface area contributed by atoms with Crippen LogP contribution < -0.4 is 0 Å². The monoisotopic (exact) mass is 313 g/mol. The lowest BCUT2D eigenvalue weighted by Gasteiger charge is -2.26. The molecule has 0 aromatic heterocycles. The first-order valence-electron chi connectivity index (χ1n) is 7.90. The lowest BCUT2D eigenvalue weighted by molar-refractivity contribution is -0.136. The maximum atomic E-state index is 11.5.